The van der Waals surface area contributed by atoms with Gasteiger partial charge in [0.05, 0.1) is 41.7 Å². The lowest BCUT2D eigenvalue weighted by Gasteiger charge is -2.42. The topological polar surface area (TPSA) is 177 Å². The molecule has 12 nitrogen and oxygen atoms in total. The third kappa shape index (κ3) is 5.28. The fourth-order valence-electron chi connectivity index (χ4n) is 5.55. The fourth-order valence-corrected chi connectivity index (χ4v) is 5.55. The Kier molecular flexibility index (Phi) is 8.94. The highest BCUT2D eigenvalue weighted by Gasteiger charge is 2.44. The van der Waals surface area contributed by atoms with Gasteiger partial charge in [0, 0.05) is 18.1 Å². The molecule has 1 saturated heterocycles. The number of hydrogen-bond acceptors (Lipinski definition) is 12. The number of aliphatic hydroxyl groups is 4. The molecule has 216 valence electrons. The largest absolute Gasteiger partial charge is 0.502 e. The van der Waals surface area contributed by atoms with Crippen LogP contribution < -0.4 is 18.9 Å². The van der Waals surface area contributed by atoms with E-state index >= 15 is 0 Å². The average Bonchev–Trinajstić information content (AvgIpc) is 2.94. The lowest BCUT2D eigenvalue weighted by molar-refractivity contribution is -0.274. The van der Waals surface area contributed by atoms with E-state index < -0.39 is 36.4 Å². The summed E-state index contributed by atoms with van der Waals surface area (Å²) in [7, 11) is 5.66. The number of hydrogen-bond donors (Lipinski definition) is 6. The van der Waals surface area contributed by atoms with E-state index in [1.165, 1.54) is 28.4 Å². The second-order valence-electron chi connectivity index (χ2n) is 9.68. The quantitative estimate of drug-likeness (QED) is 0.254. The molecule has 2 aromatic carbocycles. The van der Waals surface area contributed by atoms with Crippen molar-refractivity contribution in [3.63, 3.8) is 0 Å². The summed E-state index contributed by atoms with van der Waals surface area (Å²) in [6, 6.07) is 4.96. The fraction of sp³-hybridized carbons (Fsp3) is 0.556. The molecule has 1 aliphatic heterocycles. The number of phenolic OH excluding ortho intramolecular Hbond substituents is 2. The van der Waals surface area contributed by atoms with Crippen LogP contribution in [0.2, 0.25) is 0 Å². The molecule has 1 heterocycles. The molecule has 2 aliphatic rings. The van der Waals surface area contributed by atoms with Crippen molar-refractivity contribution in [2.24, 2.45) is 11.8 Å². The summed E-state index contributed by atoms with van der Waals surface area (Å²) in [5.41, 5.74) is 1.99. The molecule has 1 aliphatic carbocycles. The summed E-state index contributed by atoms with van der Waals surface area (Å²) in [6.07, 6.45) is -5.04. The lowest BCUT2D eigenvalue weighted by Crippen LogP contribution is -2.54. The van der Waals surface area contributed by atoms with Crippen LogP contribution in [-0.4, -0.2) is 104 Å². The van der Waals surface area contributed by atoms with E-state index in [9.17, 15) is 30.6 Å². The normalized spacial score (nSPS) is 28.5. The summed E-state index contributed by atoms with van der Waals surface area (Å²) in [5, 5.41) is 62.3. The maximum absolute atomic E-state index is 11.0. The smallest absolute Gasteiger partial charge is 0.201 e. The Hall–Kier alpha value is -3.00. The third-order valence-electron chi connectivity index (χ3n) is 7.60. The van der Waals surface area contributed by atoms with Gasteiger partial charge in [-0.1, -0.05) is 0 Å². The summed E-state index contributed by atoms with van der Waals surface area (Å²) in [6.45, 7) is -0.504. The minimum absolute atomic E-state index is 0.0542. The van der Waals surface area contributed by atoms with Gasteiger partial charge in [0.25, 0.3) is 0 Å². The molecular formula is C27H36O12. The first-order valence-electron chi connectivity index (χ1n) is 12.5. The summed E-state index contributed by atoms with van der Waals surface area (Å²) in [4.78, 5) is 0. The predicted molar refractivity (Wildman–Crippen MR) is 136 cm³/mol. The molecule has 39 heavy (non-hydrogen) atoms. The van der Waals surface area contributed by atoms with Crippen molar-refractivity contribution in [3.05, 3.63) is 34.9 Å². The highest BCUT2D eigenvalue weighted by atomic mass is 16.7. The van der Waals surface area contributed by atoms with Crippen molar-refractivity contribution in [1.29, 1.82) is 0 Å². The number of rotatable bonds is 9. The number of benzene rings is 2. The molecule has 0 radical (unpaired) electrons. The monoisotopic (exact) mass is 552 g/mol. The van der Waals surface area contributed by atoms with Gasteiger partial charge < -0.3 is 59.1 Å². The number of phenols is 2. The highest BCUT2D eigenvalue weighted by molar-refractivity contribution is 5.64. The van der Waals surface area contributed by atoms with Gasteiger partial charge in [-0.25, -0.2) is 0 Å². The van der Waals surface area contributed by atoms with Crippen LogP contribution in [0.25, 0.3) is 0 Å². The standard InChI is InChI=1S/C27H36O12/c1-34-17-7-13(8-18(35-2)23(17)31)20-15(10-38-27-25(33)22(30)16(29)11-39-27)14(9-28)5-12-6-19(36-3)24(32)26(37-4)21(12)20/h6-8,14-16,20,22,25,27-33H,5,9-11H2,1-4H3/t14-,15-,16+,20+,22-,25+,27+/m0/s1. The minimum atomic E-state index is -1.49. The van der Waals surface area contributed by atoms with Crippen molar-refractivity contribution in [2.75, 3.05) is 48.3 Å². The average molecular weight is 553 g/mol. The molecular weight excluding hydrogens is 516 g/mol. The molecule has 2 aromatic rings. The minimum Gasteiger partial charge on any atom is -0.502 e. The first-order chi connectivity index (χ1) is 18.7. The Morgan fingerprint density at radius 2 is 1.46 bits per heavy atom. The van der Waals surface area contributed by atoms with Crippen LogP contribution in [0.15, 0.2) is 18.2 Å². The van der Waals surface area contributed by atoms with Gasteiger partial charge in [0.15, 0.2) is 29.3 Å². The maximum Gasteiger partial charge on any atom is 0.201 e. The molecule has 0 bridgehead atoms. The van der Waals surface area contributed by atoms with Gasteiger partial charge in [-0.2, -0.15) is 0 Å². The molecule has 0 amide bonds. The van der Waals surface area contributed by atoms with Crippen molar-refractivity contribution in [1.82, 2.24) is 0 Å². The van der Waals surface area contributed by atoms with Crippen LogP contribution in [0.4, 0.5) is 0 Å². The van der Waals surface area contributed by atoms with E-state index in [0.717, 1.165) is 5.56 Å². The number of ether oxygens (including phenoxy) is 6. The third-order valence-corrected chi connectivity index (χ3v) is 7.60. The Balaban J connectivity index is 1.86. The molecule has 0 aromatic heterocycles. The number of aromatic hydroxyl groups is 2. The second kappa shape index (κ2) is 12.0. The molecule has 0 spiro atoms. The lowest BCUT2D eigenvalue weighted by atomic mass is 9.66. The maximum atomic E-state index is 11.0. The van der Waals surface area contributed by atoms with Crippen LogP contribution >= 0.6 is 0 Å². The first kappa shape index (κ1) is 29.0. The van der Waals surface area contributed by atoms with Gasteiger partial charge in [0.1, 0.15) is 18.3 Å². The van der Waals surface area contributed by atoms with E-state index in [2.05, 4.69) is 0 Å². The zero-order chi connectivity index (χ0) is 28.4. The van der Waals surface area contributed by atoms with Gasteiger partial charge in [0.2, 0.25) is 11.5 Å². The van der Waals surface area contributed by atoms with Crippen molar-refractivity contribution < 1.29 is 59.1 Å². The first-order valence-corrected chi connectivity index (χ1v) is 12.5. The van der Waals surface area contributed by atoms with Crippen LogP contribution in [0, 0.1) is 11.8 Å². The molecule has 6 N–H and O–H groups in total. The van der Waals surface area contributed by atoms with Crippen LogP contribution in [0.5, 0.6) is 34.5 Å². The van der Waals surface area contributed by atoms with E-state index in [4.69, 9.17) is 28.4 Å². The van der Waals surface area contributed by atoms with Crippen LogP contribution in [0.3, 0.4) is 0 Å². The SMILES string of the molecule is COc1cc([C@H]2c3c(cc(OC)c(O)c3OC)C[C@@H](CO)[C@@H]2CO[C@@H]2OC[C@@H](O)[C@H](O)[C@H]2O)cc(OC)c1O. The van der Waals surface area contributed by atoms with E-state index in [1.807, 2.05) is 0 Å². The van der Waals surface area contributed by atoms with Gasteiger partial charge in [-0.05, 0) is 47.6 Å². The van der Waals surface area contributed by atoms with Crippen molar-refractivity contribution >= 4 is 0 Å². The molecule has 0 unspecified atom stereocenters. The number of fused-ring (bicyclic) bond motifs is 1. The van der Waals surface area contributed by atoms with Crippen LogP contribution in [-0.2, 0) is 15.9 Å². The summed E-state index contributed by atoms with van der Waals surface area (Å²) >= 11 is 0. The van der Waals surface area contributed by atoms with E-state index in [0.29, 0.717) is 17.5 Å². The Morgan fingerprint density at radius 3 is 2.03 bits per heavy atom. The summed E-state index contributed by atoms with van der Waals surface area (Å²) < 4.78 is 33.2. The Labute approximate surface area is 225 Å². The molecule has 1 fully saturated rings. The number of methoxy groups -OCH3 is 4. The second-order valence-corrected chi connectivity index (χ2v) is 9.68. The Morgan fingerprint density at radius 1 is 0.846 bits per heavy atom. The van der Waals surface area contributed by atoms with Crippen LogP contribution in [0.1, 0.15) is 22.6 Å². The van der Waals surface area contributed by atoms with Crippen molar-refractivity contribution in [3.8, 4) is 34.5 Å². The molecule has 12 heteroatoms. The zero-order valence-electron chi connectivity index (χ0n) is 22.2. The Bertz CT molecular complexity index is 1130. The van der Waals surface area contributed by atoms with Gasteiger partial charge >= 0.3 is 0 Å². The number of aliphatic hydroxyl groups excluding tert-OH is 4. The molecule has 7 atom stereocenters. The highest BCUT2D eigenvalue weighted by Crippen LogP contribution is 2.54. The van der Waals surface area contributed by atoms with Gasteiger partial charge in [-0.3, -0.25) is 0 Å². The molecule has 0 saturated carbocycles. The molecule has 4 rings (SSSR count). The predicted octanol–water partition coefficient (Wildman–Crippen LogP) is 0.500. The summed E-state index contributed by atoms with van der Waals surface area (Å²) in [5.74, 6) is -1.16. The van der Waals surface area contributed by atoms with E-state index in [-0.39, 0.29) is 60.2 Å². The van der Waals surface area contributed by atoms with Crippen molar-refractivity contribution in [2.45, 2.75) is 36.9 Å². The zero-order valence-corrected chi connectivity index (χ0v) is 22.2. The van der Waals surface area contributed by atoms with Gasteiger partial charge in [-0.15, -0.1) is 0 Å². The van der Waals surface area contributed by atoms with E-state index in [1.54, 1.807) is 18.2 Å².